The van der Waals surface area contributed by atoms with E-state index in [9.17, 15) is 29.1 Å². The normalized spacial score (nSPS) is 17.5. The lowest BCUT2D eigenvalue weighted by Crippen LogP contribution is -2.73. The van der Waals surface area contributed by atoms with E-state index in [-0.39, 0.29) is 22.8 Å². The zero-order valence-electron chi connectivity index (χ0n) is 23.4. The number of nitrogens with two attached hydrogens (primary N) is 1. The first-order chi connectivity index (χ1) is 20.4. The Morgan fingerprint density at radius 1 is 1.12 bits per heavy atom. The molecular weight excluding hydrogens is 578 g/mol. The summed E-state index contributed by atoms with van der Waals surface area (Å²) in [6, 6.07) is 14.6. The van der Waals surface area contributed by atoms with Crippen LogP contribution < -0.4 is 11.1 Å². The zero-order chi connectivity index (χ0) is 31.3. The number of carbonyl (C=O) groups excluding carboxylic acids is 4. The number of rotatable bonds is 12. The van der Waals surface area contributed by atoms with Crippen molar-refractivity contribution in [3.63, 3.8) is 0 Å². The molecule has 0 radical (unpaired) electrons. The predicted octanol–water partition coefficient (Wildman–Crippen LogP) is 1.92. The second kappa shape index (κ2) is 12.8. The van der Waals surface area contributed by atoms with Crippen molar-refractivity contribution in [2.45, 2.75) is 50.6 Å². The van der Waals surface area contributed by atoms with Crippen LogP contribution in [-0.2, 0) is 33.5 Å². The molecule has 224 valence electrons. The topological polar surface area (TPSA) is 191 Å². The molecule has 0 saturated carbocycles. The SMILES string of the molecule is C[C@H]1[C@H](NC(=O)C(=NOC(C)(C)C(=O)OC(c2ccccc2)c2ccccc2)c2csc(N)n2)C(=O)N1C(C=O)C(=O)O. The molecular formula is C29H29N5O8S. The number of aldehydes is 1. The molecule has 1 unspecified atom stereocenters. The number of nitrogens with one attached hydrogen (secondary N) is 1. The number of aliphatic carboxylic acids is 1. The van der Waals surface area contributed by atoms with E-state index in [1.807, 2.05) is 60.7 Å². The van der Waals surface area contributed by atoms with Gasteiger partial charge in [0, 0.05) is 5.38 Å². The van der Waals surface area contributed by atoms with Crippen molar-refractivity contribution < 1.29 is 38.7 Å². The van der Waals surface area contributed by atoms with Crippen molar-refractivity contribution in [3.8, 4) is 0 Å². The number of carboxylic acid groups (broad SMARTS) is 1. The number of benzene rings is 2. The predicted molar refractivity (Wildman–Crippen MR) is 155 cm³/mol. The number of carbonyl (C=O) groups is 5. The molecule has 3 atom stereocenters. The van der Waals surface area contributed by atoms with Crippen molar-refractivity contribution in [2.75, 3.05) is 5.73 Å². The maximum Gasteiger partial charge on any atom is 0.353 e. The fourth-order valence-corrected chi connectivity index (χ4v) is 4.85. The van der Waals surface area contributed by atoms with Gasteiger partial charge in [-0.2, -0.15) is 0 Å². The Morgan fingerprint density at radius 2 is 1.70 bits per heavy atom. The second-order valence-electron chi connectivity index (χ2n) is 10.1. The van der Waals surface area contributed by atoms with Gasteiger partial charge in [0.1, 0.15) is 11.7 Å². The van der Waals surface area contributed by atoms with Crippen LogP contribution in [0.25, 0.3) is 0 Å². The molecule has 14 heteroatoms. The van der Waals surface area contributed by atoms with E-state index in [0.717, 1.165) is 27.4 Å². The highest BCUT2D eigenvalue weighted by atomic mass is 32.1. The first-order valence-corrected chi connectivity index (χ1v) is 13.9. The number of hydrogen-bond donors (Lipinski definition) is 3. The molecule has 2 amide bonds. The molecule has 1 fully saturated rings. The highest BCUT2D eigenvalue weighted by Crippen LogP contribution is 2.29. The monoisotopic (exact) mass is 607 g/mol. The number of nitrogens with zero attached hydrogens (tertiary/aromatic N) is 3. The summed E-state index contributed by atoms with van der Waals surface area (Å²) in [4.78, 5) is 72.3. The third kappa shape index (κ3) is 6.70. The summed E-state index contributed by atoms with van der Waals surface area (Å²) < 4.78 is 5.88. The van der Waals surface area contributed by atoms with Crippen molar-refractivity contribution >= 4 is 52.2 Å². The summed E-state index contributed by atoms with van der Waals surface area (Å²) in [6.45, 7) is 4.31. The van der Waals surface area contributed by atoms with Crippen LogP contribution in [0.3, 0.4) is 0 Å². The van der Waals surface area contributed by atoms with Crippen LogP contribution in [0.5, 0.6) is 0 Å². The molecule has 2 heterocycles. The van der Waals surface area contributed by atoms with Crippen LogP contribution in [0.1, 0.15) is 43.7 Å². The zero-order valence-corrected chi connectivity index (χ0v) is 24.2. The van der Waals surface area contributed by atoms with E-state index in [4.69, 9.17) is 15.3 Å². The van der Waals surface area contributed by atoms with Gasteiger partial charge in [-0.25, -0.2) is 14.6 Å². The summed E-state index contributed by atoms with van der Waals surface area (Å²) in [5.41, 5.74) is 5.14. The fourth-order valence-electron chi connectivity index (χ4n) is 4.30. The van der Waals surface area contributed by atoms with Gasteiger partial charge in [-0.3, -0.25) is 9.59 Å². The molecule has 1 saturated heterocycles. The smallest absolute Gasteiger partial charge is 0.353 e. The number of thiazole rings is 1. The largest absolute Gasteiger partial charge is 0.479 e. The van der Waals surface area contributed by atoms with Gasteiger partial charge in [0.05, 0.1) is 6.04 Å². The molecule has 1 aliphatic heterocycles. The number of oxime groups is 1. The molecule has 3 aromatic rings. The fraction of sp³-hybridized carbons (Fsp3) is 0.276. The van der Waals surface area contributed by atoms with E-state index in [2.05, 4.69) is 15.5 Å². The number of ether oxygens (including phenoxy) is 1. The third-order valence-corrected chi connectivity index (χ3v) is 7.35. The summed E-state index contributed by atoms with van der Waals surface area (Å²) in [7, 11) is 0. The van der Waals surface area contributed by atoms with Gasteiger partial charge in [-0.15, -0.1) is 11.3 Å². The van der Waals surface area contributed by atoms with Crippen LogP contribution in [0.15, 0.2) is 71.2 Å². The van der Waals surface area contributed by atoms with E-state index in [1.165, 1.54) is 26.2 Å². The van der Waals surface area contributed by atoms with E-state index >= 15 is 0 Å². The van der Waals surface area contributed by atoms with E-state index in [1.54, 1.807) is 0 Å². The second-order valence-corrected chi connectivity index (χ2v) is 11.0. The highest BCUT2D eigenvalue weighted by Gasteiger charge is 2.51. The van der Waals surface area contributed by atoms with Crippen LogP contribution in [0.4, 0.5) is 5.13 Å². The van der Waals surface area contributed by atoms with Gasteiger partial charge in [-0.1, -0.05) is 65.8 Å². The summed E-state index contributed by atoms with van der Waals surface area (Å²) >= 11 is 1.02. The van der Waals surface area contributed by atoms with Crippen molar-refractivity contribution in [1.29, 1.82) is 0 Å². The van der Waals surface area contributed by atoms with Crippen LogP contribution in [-0.4, -0.2) is 74.5 Å². The first-order valence-electron chi connectivity index (χ1n) is 13.0. The third-order valence-electron chi connectivity index (χ3n) is 6.68. The lowest BCUT2D eigenvalue weighted by Gasteiger charge is -2.46. The number of esters is 1. The average Bonchev–Trinajstić information content (AvgIpc) is 3.43. The number of likely N-dealkylation sites (tertiary alicyclic amines) is 1. The minimum atomic E-state index is -1.69. The summed E-state index contributed by atoms with van der Waals surface area (Å²) in [5.74, 6) is -3.94. The maximum absolute atomic E-state index is 13.4. The van der Waals surface area contributed by atoms with E-state index in [0.29, 0.717) is 0 Å². The van der Waals surface area contributed by atoms with Crippen molar-refractivity contribution in [1.82, 2.24) is 15.2 Å². The van der Waals surface area contributed by atoms with Gasteiger partial charge in [0.25, 0.3) is 5.91 Å². The molecule has 2 aromatic carbocycles. The van der Waals surface area contributed by atoms with Gasteiger partial charge in [0.15, 0.2) is 29.3 Å². The van der Waals surface area contributed by atoms with Crippen LogP contribution in [0, 0.1) is 0 Å². The van der Waals surface area contributed by atoms with Crippen molar-refractivity contribution in [2.24, 2.45) is 5.16 Å². The van der Waals surface area contributed by atoms with Gasteiger partial charge >= 0.3 is 11.9 Å². The lowest BCUT2D eigenvalue weighted by molar-refractivity contribution is -0.172. The van der Waals surface area contributed by atoms with Crippen molar-refractivity contribution in [3.05, 3.63) is 82.9 Å². The van der Waals surface area contributed by atoms with E-state index < -0.39 is 53.6 Å². The molecule has 1 aromatic heterocycles. The highest BCUT2D eigenvalue weighted by molar-refractivity contribution is 7.13. The van der Waals surface area contributed by atoms with Gasteiger partial charge in [-0.05, 0) is 31.9 Å². The molecule has 0 bridgehead atoms. The summed E-state index contributed by atoms with van der Waals surface area (Å²) in [5, 5.41) is 17.2. The molecule has 43 heavy (non-hydrogen) atoms. The number of anilines is 1. The average molecular weight is 608 g/mol. The van der Waals surface area contributed by atoms with Gasteiger partial charge in [0.2, 0.25) is 11.5 Å². The summed E-state index contributed by atoms with van der Waals surface area (Å²) in [6.07, 6.45) is -0.618. The quantitative estimate of drug-likeness (QED) is 0.0685. The number of aromatic nitrogens is 1. The van der Waals surface area contributed by atoms with Gasteiger partial charge < -0.3 is 35.4 Å². The minimum Gasteiger partial charge on any atom is -0.479 e. The molecule has 4 N–H and O–H groups in total. The molecule has 13 nitrogen and oxygen atoms in total. The molecule has 0 spiro atoms. The number of β-lactam (4-membered cyclic amide) rings is 1. The molecule has 4 rings (SSSR count). The van der Waals surface area contributed by atoms with Crippen LogP contribution in [0.2, 0.25) is 0 Å². The number of nitrogen functional groups attached to an aromatic ring is 1. The Kier molecular flexibility index (Phi) is 9.19. The Bertz CT molecular complexity index is 1500. The number of carboxylic acids is 1. The standard InChI is InChI=1S/C29H29N5O8S/c1-16-21(25(37)34(16)20(14-35)26(38)39)32-24(36)22(19-15-43-28(30)31-19)33-42-29(2,3)27(40)41-23(17-10-6-4-7-11-17)18-12-8-5-9-13-18/h4-16,20-21,23H,1-3H3,(H2,30,31)(H,32,36)(H,38,39)/t16-,20?,21-/m0/s1. The minimum absolute atomic E-state index is 0.0169. The molecule has 1 aliphatic rings. The Hall–Kier alpha value is -5.11. The lowest BCUT2D eigenvalue weighted by atomic mass is 9.93. The first kappa shape index (κ1) is 30.8. The Balaban J connectivity index is 1.54. The van der Waals surface area contributed by atoms with Crippen LogP contribution >= 0.6 is 11.3 Å². The molecule has 0 aliphatic carbocycles. The Morgan fingerprint density at radius 3 is 2.16 bits per heavy atom. The number of amides is 2. The maximum atomic E-state index is 13.4. The number of hydrogen-bond acceptors (Lipinski definition) is 11. The Labute approximate surface area is 250 Å².